The molecule has 16 nitrogen and oxygen atoms in total. The first-order chi connectivity index (χ1) is 29.3. The number of aromatic nitrogens is 6. The summed E-state index contributed by atoms with van der Waals surface area (Å²) in [7, 11) is 1.30. The molecule has 5 N–H and O–H groups in total. The molecule has 2 saturated carbocycles. The zero-order chi connectivity index (χ0) is 42.4. The molecule has 16 heteroatoms. The number of piperidine rings is 2. The molecular formula is C45H48N10O6. The Morgan fingerprint density at radius 3 is 1.72 bits per heavy atom. The van der Waals surface area contributed by atoms with Crippen LogP contribution in [0.3, 0.4) is 0 Å². The number of methoxy groups -OCH3 is 1. The molecule has 0 bridgehead atoms. The zero-order valence-corrected chi connectivity index (χ0v) is 34.5. The molecule has 4 fully saturated rings. The first-order valence-corrected chi connectivity index (χ1v) is 21.1. The molecular weight excluding hydrogens is 777 g/mol. The van der Waals surface area contributed by atoms with Crippen molar-refractivity contribution in [2.24, 2.45) is 23.7 Å². The van der Waals surface area contributed by atoms with Crippen molar-refractivity contribution in [2.75, 3.05) is 7.11 Å². The van der Waals surface area contributed by atoms with Crippen molar-refractivity contribution >= 4 is 57.1 Å². The number of H-pyrrole nitrogens is 2. The number of imidazole rings is 2. The minimum atomic E-state index is -1.21. The summed E-state index contributed by atoms with van der Waals surface area (Å²) in [5.74, 6) is 1.63. The number of amides is 4. The summed E-state index contributed by atoms with van der Waals surface area (Å²) in [5, 5.41) is 14.6. The SMILES string of the molecule is COC(=O)N[C@H](C(=O)N1[C@@H]2C[C@H]2C[C@H]1c1nc2cc(-c3ccc4nc(-c5ccc6[nH]c([C@@H]7C[C@H]8C[C@H]8N7C(=O)[C@@H](NC(=O)O)C(C)C)nc6c5)cnc4c3)ccc2[nH]1)C(C)C. The molecule has 10 rings (SSSR count). The summed E-state index contributed by atoms with van der Waals surface area (Å²) >= 11 is 0. The third-order valence-corrected chi connectivity index (χ3v) is 13.1. The van der Waals surface area contributed by atoms with E-state index in [1.54, 1.807) is 6.20 Å². The highest BCUT2D eigenvalue weighted by Gasteiger charge is 2.57. The number of fused-ring (bicyclic) bond motifs is 5. The van der Waals surface area contributed by atoms with E-state index in [4.69, 9.17) is 24.7 Å². The number of nitrogens with zero attached hydrogens (tertiary/aromatic N) is 6. The van der Waals surface area contributed by atoms with Gasteiger partial charge in [0, 0.05) is 17.6 Å². The van der Waals surface area contributed by atoms with Crippen molar-refractivity contribution < 1.29 is 29.0 Å². The number of alkyl carbamates (subject to hydrolysis) is 1. The van der Waals surface area contributed by atoms with Crippen molar-refractivity contribution in [1.82, 2.24) is 50.3 Å². The third-order valence-electron chi connectivity index (χ3n) is 13.1. The molecule has 0 radical (unpaired) electrons. The lowest BCUT2D eigenvalue weighted by atomic mass is 10.0. The fraction of sp³-hybridized carbons (Fsp3) is 0.422. The lowest BCUT2D eigenvalue weighted by molar-refractivity contribution is -0.137. The van der Waals surface area contributed by atoms with Crippen LogP contribution in [0, 0.1) is 23.7 Å². The van der Waals surface area contributed by atoms with Gasteiger partial charge in [-0.05, 0) is 96.9 Å². The minimum Gasteiger partial charge on any atom is -0.465 e. The number of ether oxygens (including phenoxy) is 1. The molecule has 4 amide bonds. The molecule has 314 valence electrons. The molecule has 3 aromatic heterocycles. The number of carboxylic acid groups (broad SMARTS) is 1. The third kappa shape index (κ3) is 6.87. The lowest BCUT2D eigenvalue weighted by Crippen LogP contribution is -2.52. The number of hydrogen-bond donors (Lipinski definition) is 5. The first kappa shape index (κ1) is 38.6. The Balaban J connectivity index is 0.872. The van der Waals surface area contributed by atoms with Gasteiger partial charge in [0.2, 0.25) is 11.8 Å². The second kappa shape index (κ2) is 14.6. The summed E-state index contributed by atoms with van der Waals surface area (Å²) in [6.45, 7) is 7.53. The smallest absolute Gasteiger partial charge is 0.407 e. The van der Waals surface area contributed by atoms with Crippen molar-refractivity contribution in [3.63, 3.8) is 0 Å². The number of hydrogen-bond acceptors (Lipinski definition) is 9. The summed E-state index contributed by atoms with van der Waals surface area (Å²) in [5.41, 5.74) is 8.25. The molecule has 61 heavy (non-hydrogen) atoms. The Hall–Kier alpha value is -6.58. The van der Waals surface area contributed by atoms with Crippen LogP contribution in [-0.2, 0) is 14.3 Å². The van der Waals surface area contributed by atoms with Gasteiger partial charge in [-0.1, -0.05) is 45.9 Å². The molecule has 2 aliphatic carbocycles. The minimum absolute atomic E-state index is 0.104. The standard InChI is InChI=1S/C45H48N10O6/c1-20(2)38(52-44(58)59)42(56)54-34-15-25(34)17-36(54)41-49-29-11-8-24(14-32(29)51-41)33-19-46-30-12-22(6-9-27(30)47-33)23-7-10-28-31(13-23)50-40(48-28)37-18-26-16-35(26)55(37)43(57)39(21(3)4)53-45(60)61-5/h6-14,19-21,25-26,34-39,52H,15-18H2,1-5H3,(H,48,50)(H,49,51)(H,53,60)(H,58,59)/t25-,26+,34-,35-,36+,37+,38+,39+/m1/s1. The van der Waals surface area contributed by atoms with Crippen LogP contribution in [-0.4, -0.2) is 100 Å². The van der Waals surface area contributed by atoms with Crippen LogP contribution >= 0.6 is 0 Å². The van der Waals surface area contributed by atoms with E-state index in [0.717, 1.165) is 81.3 Å². The van der Waals surface area contributed by atoms with Crippen LogP contribution in [0.4, 0.5) is 9.59 Å². The van der Waals surface area contributed by atoms with Gasteiger partial charge in [0.15, 0.2) is 0 Å². The number of benzene rings is 3. The van der Waals surface area contributed by atoms with Gasteiger partial charge in [0.25, 0.3) is 0 Å². The fourth-order valence-corrected chi connectivity index (χ4v) is 9.74. The van der Waals surface area contributed by atoms with Gasteiger partial charge >= 0.3 is 12.2 Å². The van der Waals surface area contributed by atoms with E-state index < -0.39 is 24.3 Å². The molecule has 2 aliphatic heterocycles. The topological polar surface area (TPSA) is 211 Å². The molecule has 0 unspecified atom stereocenters. The maximum atomic E-state index is 13.9. The van der Waals surface area contributed by atoms with Gasteiger partial charge in [-0.3, -0.25) is 14.6 Å². The van der Waals surface area contributed by atoms with Gasteiger partial charge in [-0.15, -0.1) is 0 Å². The average Bonchev–Trinajstić information content (AvgIpc) is 3.91. The van der Waals surface area contributed by atoms with Gasteiger partial charge < -0.3 is 40.2 Å². The fourth-order valence-electron chi connectivity index (χ4n) is 9.74. The monoisotopic (exact) mass is 824 g/mol. The van der Waals surface area contributed by atoms with E-state index in [2.05, 4.69) is 20.6 Å². The Morgan fingerprint density at radius 1 is 0.672 bits per heavy atom. The molecule has 5 heterocycles. The van der Waals surface area contributed by atoms with Crippen LogP contribution in [0.15, 0.2) is 60.8 Å². The second-order valence-corrected chi connectivity index (χ2v) is 17.8. The second-order valence-electron chi connectivity index (χ2n) is 17.8. The van der Waals surface area contributed by atoms with E-state index in [-0.39, 0.29) is 47.8 Å². The Labute approximate surface area is 350 Å². The number of aromatic amines is 2. The largest absolute Gasteiger partial charge is 0.465 e. The van der Waals surface area contributed by atoms with Crippen molar-refractivity contribution in [3.05, 3.63) is 72.4 Å². The molecule has 4 aliphatic rings. The lowest BCUT2D eigenvalue weighted by Gasteiger charge is -2.31. The molecule has 8 atom stereocenters. The zero-order valence-electron chi connectivity index (χ0n) is 34.5. The highest BCUT2D eigenvalue weighted by atomic mass is 16.5. The average molecular weight is 825 g/mol. The quantitative estimate of drug-likeness (QED) is 0.0985. The first-order valence-electron chi connectivity index (χ1n) is 21.1. The maximum absolute atomic E-state index is 13.9. The van der Waals surface area contributed by atoms with Crippen LogP contribution < -0.4 is 10.6 Å². The van der Waals surface area contributed by atoms with Crippen molar-refractivity contribution in [1.29, 1.82) is 0 Å². The summed E-state index contributed by atoms with van der Waals surface area (Å²) in [4.78, 5) is 81.7. The van der Waals surface area contributed by atoms with E-state index in [0.29, 0.717) is 23.4 Å². The maximum Gasteiger partial charge on any atom is 0.407 e. The highest BCUT2D eigenvalue weighted by molar-refractivity contribution is 5.90. The van der Waals surface area contributed by atoms with Crippen molar-refractivity contribution in [2.45, 2.75) is 89.6 Å². The Morgan fingerprint density at radius 2 is 1.18 bits per heavy atom. The van der Waals surface area contributed by atoms with Gasteiger partial charge in [0.05, 0.1) is 64.2 Å². The molecule has 0 spiro atoms. The summed E-state index contributed by atoms with van der Waals surface area (Å²) in [6, 6.07) is 16.3. The van der Waals surface area contributed by atoms with E-state index in [1.807, 2.05) is 92.1 Å². The number of nitrogens with one attached hydrogen (secondary N) is 4. The van der Waals surface area contributed by atoms with Gasteiger partial charge in [-0.25, -0.2) is 24.5 Å². The Kier molecular flexibility index (Phi) is 9.21. The molecule has 6 aromatic rings. The van der Waals surface area contributed by atoms with Crippen LogP contribution in [0.25, 0.3) is 55.5 Å². The van der Waals surface area contributed by atoms with Gasteiger partial charge in [-0.2, -0.15) is 0 Å². The summed E-state index contributed by atoms with van der Waals surface area (Å²) < 4.78 is 4.81. The Bertz CT molecular complexity index is 2760. The number of carbonyl (C=O) groups is 4. The predicted octanol–water partition coefficient (Wildman–Crippen LogP) is 6.71. The molecule has 2 saturated heterocycles. The van der Waals surface area contributed by atoms with Crippen LogP contribution in [0.1, 0.15) is 77.1 Å². The highest BCUT2D eigenvalue weighted by Crippen LogP contribution is 2.54. The van der Waals surface area contributed by atoms with Crippen LogP contribution in [0.2, 0.25) is 0 Å². The van der Waals surface area contributed by atoms with E-state index in [9.17, 15) is 24.3 Å². The van der Waals surface area contributed by atoms with Gasteiger partial charge in [0.1, 0.15) is 23.7 Å². The predicted molar refractivity (Wildman–Crippen MR) is 226 cm³/mol. The van der Waals surface area contributed by atoms with E-state index >= 15 is 0 Å². The number of rotatable bonds is 10. The van der Waals surface area contributed by atoms with E-state index in [1.165, 1.54) is 7.11 Å². The molecule has 3 aromatic carbocycles. The number of carbonyl (C=O) groups excluding carboxylic acids is 3. The number of likely N-dealkylation sites (tertiary alicyclic amines) is 2. The summed E-state index contributed by atoms with van der Waals surface area (Å²) in [6.07, 6.45) is 3.43. The normalized spacial score (nSPS) is 23.7. The van der Waals surface area contributed by atoms with Crippen molar-refractivity contribution in [3.8, 4) is 22.4 Å². The van der Waals surface area contributed by atoms with Crippen LogP contribution in [0.5, 0.6) is 0 Å².